The van der Waals surface area contributed by atoms with Gasteiger partial charge < -0.3 is 9.84 Å². The Bertz CT molecular complexity index is 624. The van der Waals surface area contributed by atoms with E-state index < -0.39 is 18.0 Å². The number of hydrogen-bond donors (Lipinski definition) is 1. The van der Waals surface area contributed by atoms with Gasteiger partial charge in [-0.05, 0) is 5.56 Å². The molecule has 1 heterocycles. The minimum absolute atomic E-state index is 0.0102. The maximum atomic E-state index is 11.0. The van der Waals surface area contributed by atoms with Crippen LogP contribution >= 0.6 is 0 Å². The molecule has 0 aliphatic rings. The molecule has 2 aromatic rings. The zero-order valence-electron chi connectivity index (χ0n) is 11.5. The lowest BCUT2D eigenvalue weighted by Gasteiger charge is -2.10. The Labute approximate surface area is 121 Å². The molecule has 1 unspecified atom stereocenters. The predicted molar refractivity (Wildman–Crippen MR) is 72.5 cm³/mol. The van der Waals surface area contributed by atoms with Crippen molar-refractivity contribution in [3.05, 3.63) is 47.8 Å². The van der Waals surface area contributed by atoms with Gasteiger partial charge in [0.15, 0.2) is 0 Å². The summed E-state index contributed by atoms with van der Waals surface area (Å²) >= 11 is 0. The zero-order valence-corrected chi connectivity index (χ0v) is 11.5. The van der Waals surface area contributed by atoms with Crippen LogP contribution in [-0.2, 0) is 27.3 Å². The molecule has 1 atom stereocenters. The van der Waals surface area contributed by atoms with Crippen LogP contribution in [0, 0.1) is 0 Å². The third-order valence-corrected chi connectivity index (χ3v) is 2.75. The molecule has 2 rings (SSSR count). The molecule has 1 N–H and O–H groups in total. The molecule has 110 valence electrons. The number of carbonyl (C=O) groups is 2. The first-order valence-electron chi connectivity index (χ1n) is 6.37. The Morgan fingerprint density at radius 1 is 1.33 bits per heavy atom. The summed E-state index contributed by atoms with van der Waals surface area (Å²) in [5, 5.41) is 16.8. The average molecular weight is 289 g/mol. The maximum Gasteiger partial charge on any atom is 0.345 e. The van der Waals surface area contributed by atoms with Gasteiger partial charge >= 0.3 is 11.9 Å². The second kappa shape index (κ2) is 6.65. The lowest BCUT2D eigenvalue weighted by Crippen LogP contribution is -2.28. The van der Waals surface area contributed by atoms with E-state index >= 15 is 0 Å². The summed E-state index contributed by atoms with van der Waals surface area (Å²) in [6, 6.07) is 9.69. The number of benzene rings is 1. The second-order valence-electron chi connectivity index (χ2n) is 4.53. The summed E-state index contributed by atoms with van der Waals surface area (Å²) in [7, 11) is 0. The van der Waals surface area contributed by atoms with Gasteiger partial charge in [0.1, 0.15) is 0 Å². The third-order valence-electron chi connectivity index (χ3n) is 2.75. The molecule has 0 spiro atoms. The number of aromatic nitrogens is 3. The van der Waals surface area contributed by atoms with E-state index in [0.29, 0.717) is 12.2 Å². The van der Waals surface area contributed by atoms with E-state index in [1.165, 1.54) is 6.92 Å². The highest BCUT2D eigenvalue weighted by Gasteiger charge is 2.22. The smallest absolute Gasteiger partial charge is 0.345 e. The van der Waals surface area contributed by atoms with Crippen LogP contribution < -0.4 is 0 Å². The highest BCUT2D eigenvalue weighted by molar-refractivity contribution is 5.77. The Balaban J connectivity index is 2.02. The fraction of sp³-hybridized carbons (Fsp3) is 0.286. The molecule has 0 saturated heterocycles. The first-order valence-corrected chi connectivity index (χ1v) is 6.37. The summed E-state index contributed by atoms with van der Waals surface area (Å²) < 4.78 is 6.34. The quantitative estimate of drug-likeness (QED) is 0.793. The number of rotatable bonds is 6. The van der Waals surface area contributed by atoms with Crippen LogP contribution in [0.15, 0.2) is 36.5 Å². The van der Waals surface area contributed by atoms with Gasteiger partial charge in [-0.15, -0.1) is 5.10 Å². The van der Waals surface area contributed by atoms with E-state index in [2.05, 4.69) is 10.3 Å². The van der Waals surface area contributed by atoms with Gasteiger partial charge in [0.2, 0.25) is 6.10 Å². The van der Waals surface area contributed by atoms with Gasteiger partial charge in [-0.1, -0.05) is 35.5 Å². The molecule has 1 aromatic carbocycles. The second-order valence-corrected chi connectivity index (χ2v) is 4.53. The van der Waals surface area contributed by atoms with E-state index in [4.69, 9.17) is 9.84 Å². The number of ether oxygens (including phenoxy) is 1. The number of carboxylic acid groups (broad SMARTS) is 1. The van der Waals surface area contributed by atoms with E-state index in [-0.39, 0.29) is 6.42 Å². The van der Waals surface area contributed by atoms with Crippen LogP contribution in [0.25, 0.3) is 0 Å². The van der Waals surface area contributed by atoms with Crippen LogP contribution in [0.3, 0.4) is 0 Å². The molecule has 0 aliphatic carbocycles. The van der Waals surface area contributed by atoms with Gasteiger partial charge in [-0.25, -0.2) is 9.48 Å². The Morgan fingerprint density at radius 3 is 2.67 bits per heavy atom. The highest BCUT2D eigenvalue weighted by Crippen LogP contribution is 2.06. The van der Waals surface area contributed by atoms with Crippen LogP contribution in [-0.4, -0.2) is 38.1 Å². The summed E-state index contributed by atoms with van der Waals surface area (Å²) in [4.78, 5) is 21.9. The molecule has 1 aromatic heterocycles. The van der Waals surface area contributed by atoms with Gasteiger partial charge in [0, 0.05) is 19.5 Å². The number of aliphatic carboxylic acids is 1. The van der Waals surface area contributed by atoms with Crippen molar-refractivity contribution in [2.24, 2.45) is 0 Å². The summed E-state index contributed by atoms with van der Waals surface area (Å²) in [6.45, 7) is 1.71. The first kappa shape index (κ1) is 14.7. The number of esters is 1. The molecule has 0 amide bonds. The lowest BCUT2D eigenvalue weighted by atomic mass is 10.2. The van der Waals surface area contributed by atoms with Crippen molar-refractivity contribution in [1.82, 2.24) is 15.0 Å². The minimum Gasteiger partial charge on any atom is -0.478 e. The van der Waals surface area contributed by atoms with Crippen LogP contribution in [0.4, 0.5) is 0 Å². The Morgan fingerprint density at radius 2 is 2.05 bits per heavy atom. The number of carbonyl (C=O) groups excluding carboxylic acids is 1. The fourth-order valence-electron chi connectivity index (χ4n) is 1.85. The number of nitrogens with zero attached hydrogens (tertiary/aromatic N) is 3. The largest absolute Gasteiger partial charge is 0.478 e. The van der Waals surface area contributed by atoms with Crippen LogP contribution in [0.2, 0.25) is 0 Å². The van der Waals surface area contributed by atoms with Gasteiger partial charge in [-0.2, -0.15) is 0 Å². The molecule has 0 bridgehead atoms. The van der Waals surface area contributed by atoms with Crippen molar-refractivity contribution in [2.75, 3.05) is 0 Å². The molecule has 0 aliphatic heterocycles. The fourth-order valence-corrected chi connectivity index (χ4v) is 1.85. The SMILES string of the molecule is CC(=O)OC(Cc1cn(Cc2ccccc2)nn1)C(=O)O. The normalized spacial score (nSPS) is 11.9. The molecular weight excluding hydrogens is 274 g/mol. The lowest BCUT2D eigenvalue weighted by molar-refractivity contribution is -0.162. The summed E-state index contributed by atoms with van der Waals surface area (Å²) in [5.41, 5.74) is 1.52. The van der Waals surface area contributed by atoms with E-state index in [1.54, 1.807) is 10.9 Å². The van der Waals surface area contributed by atoms with Crippen molar-refractivity contribution in [3.8, 4) is 0 Å². The van der Waals surface area contributed by atoms with Crippen molar-refractivity contribution in [1.29, 1.82) is 0 Å². The Kier molecular flexibility index (Phi) is 4.65. The van der Waals surface area contributed by atoms with E-state index in [9.17, 15) is 9.59 Å². The topological polar surface area (TPSA) is 94.3 Å². The monoisotopic (exact) mass is 289 g/mol. The van der Waals surface area contributed by atoms with Gasteiger partial charge in [0.25, 0.3) is 0 Å². The third kappa shape index (κ3) is 4.41. The molecule has 7 heteroatoms. The molecular formula is C14H15N3O4. The summed E-state index contributed by atoms with van der Waals surface area (Å²) in [5.74, 6) is -1.85. The molecule has 21 heavy (non-hydrogen) atoms. The molecule has 0 radical (unpaired) electrons. The van der Waals surface area contributed by atoms with E-state index in [0.717, 1.165) is 5.56 Å². The van der Waals surface area contributed by atoms with Crippen LogP contribution in [0.5, 0.6) is 0 Å². The van der Waals surface area contributed by atoms with Crippen molar-refractivity contribution >= 4 is 11.9 Å². The standard InChI is InChI=1S/C14H15N3O4/c1-10(18)21-13(14(19)20)7-12-9-17(16-15-12)8-11-5-3-2-4-6-11/h2-6,9,13H,7-8H2,1H3,(H,19,20). The minimum atomic E-state index is -1.25. The van der Waals surface area contributed by atoms with Gasteiger partial charge in [-0.3, -0.25) is 4.79 Å². The van der Waals surface area contributed by atoms with Crippen molar-refractivity contribution in [3.63, 3.8) is 0 Å². The number of hydrogen-bond acceptors (Lipinski definition) is 5. The Hall–Kier alpha value is -2.70. The van der Waals surface area contributed by atoms with Crippen LogP contribution in [0.1, 0.15) is 18.2 Å². The summed E-state index contributed by atoms with van der Waals surface area (Å²) in [6.07, 6.45) is 0.389. The average Bonchev–Trinajstić information content (AvgIpc) is 2.86. The maximum absolute atomic E-state index is 11.0. The molecule has 7 nitrogen and oxygen atoms in total. The van der Waals surface area contributed by atoms with Crippen molar-refractivity contribution < 1.29 is 19.4 Å². The highest BCUT2D eigenvalue weighted by atomic mass is 16.6. The van der Waals surface area contributed by atoms with E-state index in [1.807, 2.05) is 30.3 Å². The molecule has 0 fully saturated rings. The zero-order chi connectivity index (χ0) is 15.2. The predicted octanol–water partition coefficient (Wildman–Crippen LogP) is 0.885. The molecule has 0 saturated carbocycles. The number of carboxylic acids is 1. The first-order chi connectivity index (χ1) is 10.0. The van der Waals surface area contributed by atoms with Crippen molar-refractivity contribution in [2.45, 2.75) is 26.0 Å². The van der Waals surface area contributed by atoms with Gasteiger partial charge in [0.05, 0.1) is 12.2 Å².